The Bertz CT molecular complexity index is 962. The summed E-state index contributed by atoms with van der Waals surface area (Å²) in [4.78, 5) is 10.2. The Morgan fingerprint density at radius 3 is 2.90 bits per heavy atom. The lowest BCUT2D eigenvalue weighted by molar-refractivity contribution is -0.404. The van der Waals surface area contributed by atoms with E-state index in [1.54, 1.807) is 0 Å². The smallest absolute Gasteiger partial charge is 0.274 e. The number of halogens is 2. The van der Waals surface area contributed by atoms with Gasteiger partial charge in [0.25, 0.3) is 6.20 Å². The molecule has 1 aliphatic carbocycles. The quantitative estimate of drug-likeness (QED) is 0.0841. The molecule has 3 rings (SSSR count). The van der Waals surface area contributed by atoms with Crippen LogP contribution in [0.4, 0.5) is 15.9 Å². The topological polar surface area (TPSA) is 163 Å². The van der Waals surface area contributed by atoms with Crippen molar-refractivity contribution in [3.8, 4) is 0 Å². The molecule has 0 aliphatic heterocycles. The molecule has 1 aliphatic rings. The van der Waals surface area contributed by atoms with Gasteiger partial charge in [-0.2, -0.15) is 0 Å². The van der Waals surface area contributed by atoms with Gasteiger partial charge in [0.15, 0.2) is 11.5 Å². The summed E-state index contributed by atoms with van der Waals surface area (Å²) in [5.41, 5.74) is 0.530. The number of benzene rings is 1. The molecular formula is C16H18BrFN8O4. The third-order valence-corrected chi connectivity index (χ3v) is 4.51. The monoisotopic (exact) mass is 484 g/mol. The van der Waals surface area contributed by atoms with Crippen molar-refractivity contribution < 1.29 is 19.2 Å². The fourth-order valence-electron chi connectivity index (χ4n) is 2.37. The molecular weight excluding hydrogens is 467 g/mol. The second kappa shape index (κ2) is 9.87. The molecule has 0 saturated heterocycles. The van der Waals surface area contributed by atoms with Crippen molar-refractivity contribution in [2.24, 2.45) is 5.16 Å². The average Bonchev–Trinajstić information content (AvgIpc) is 3.40. The Morgan fingerprint density at radius 2 is 2.23 bits per heavy atom. The molecule has 0 unspecified atom stereocenters. The summed E-state index contributed by atoms with van der Waals surface area (Å²) in [6.07, 6.45) is 2.83. The van der Waals surface area contributed by atoms with Gasteiger partial charge >= 0.3 is 0 Å². The van der Waals surface area contributed by atoms with E-state index in [0.717, 1.165) is 19.0 Å². The molecule has 12 nitrogen and oxygen atoms in total. The summed E-state index contributed by atoms with van der Waals surface area (Å²) in [5.74, 6) is -0.00516. The van der Waals surface area contributed by atoms with Crippen LogP contribution in [0.1, 0.15) is 18.5 Å². The van der Waals surface area contributed by atoms with E-state index in [-0.39, 0.29) is 27.9 Å². The maximum atomic E-state index is 13.4. The first-order valence-corrected chi connectivity index (χ1v) is 9.62. The van der Waals surface area contributed by atoms with Gasteiger partial charge in [-0.3, -0.25) is 10.1 Å². The van der Waals surface area contributed by atoms with Crippen LogP contribution in [0.2, 0.25) is 0 Å². The van der Waals surface area contributed by atoms with E-state index in [4.69, 9.17) is 4.63 Å². The summed E-state index contributed by atoms with van der Waals surface area (Å²) in [6.45, 7) is 0.638. The van der Waals surface area contributed by atoms with Gasteiger partial charge in [-0.15, -0.1) is 0 Å². The molecule has 2 aromatic rings. The molecule has 30 heavy (non-hydrogen) atoms. The highest BCUT2D eigenvalue weighted by Gasteiger charge is 2.23. The van der Waals surface area contributed by atoms with Crippen LogP contribution in [-0.2, 0) is 0 Å². The van der Waals surface area contributed by atoms with Crippen molar-refractivity contribution >= 4 is 33.3 Å². The van der Waals surface area contributed by atoms with E-state index >= 15 is 0 Å². The number of aromatic nitrogens is 2. The van der Waals surface area contributed by atoms with Gasteiger partial charge in [0, 0.05) is 24.8 Å². The van der Waals surface area contributed by atoms with Crippen LogP contribution in [0.5, 0.6) is 0 Å². The molecule has 1 aromatic heterocycles. The lowest BCUT2D eigenvalue weighted by atomic mass is 10.3. The zero-order valence-corrected chi connectivity index (χ0v) is 17.0. The minimum absolute atomic E-state index is 0.0745. The summed E-state index contributed by atoms with van der Waals surface area (Å²) < 4.78 is 18.3. The fourth-order valence-corrected chi connectivity index (χ4v) is 2.75. The first kappa shape index (κ1) is 21.3. The predicted molar refractivity (Wildman–Crippen MR) is 108 cm³/mol. The third-order valence-electron chi connectivity index (χ3n) is 3.90. The van der Waals surface area contributed by atoms with E-state index in [1.165, 1.54) is 18.2 Å². The van der Waals surface area contributed by atoms with Gasteiger partial charge in [-0.25, -0.2) is 9.02 Å². The van der Waals surface area contributed by atoms with Gasteiger partial charge in [-0.1, -0.05) is 5.16 Å². The standard InChI is InChI=1S/C16H18BrFN8O4/c17-11-7-10(3-4-12(11)18)22-16(23-27)14-15(25-30-24-14)20-6-5-19-13(8-26(28)29)21-9-1-2-9/h3-4,7-9,19,21,27H,1-2,5-6H2,(H,20,25)(H,22,23). The largest absolute Gasteiger partial charge is 0.409 e. The summed E-state index contributed by atoms with van der Waals surface area (Å²) >= 11 is 3.07. The van der Waals surface area contributed by atoms with Crippen LogP contribution in [0, 0.1) is 15.9 Å². The maximum Gasteiger partial charge on any atom is 0.274 e. The van der Waals surface area contributed by atoms with Crippen LogP contribution >= 0.6 is 15.9 Å². The van der Waals surface area contributed by atoms with Crippen molar-refractivity contribution in [1.29, 1.82) is 0 Å². The first-order valence-electron chi connectivity index (χ1n) is 8.83. The molecule has 0 radical (unpaired) electrons. The highest BCUT2D eigenvalue weighted by molar-refractivity contribution is 9.10. The van der Waals surface area contributed by atoms with Gasteiger partial charge in [0.2, 0.25) is 11.7 Å². The molecule has 1 fully saturated rings. The van der Waals surface area contributed by atoms with Gasteiger partial charge < -0.3 is 26.5 Å². The van der Waals surface area contributed by atoms with E-state index in [1.807, 2.05) is 0 Å². The molecule has 1 heterocycles. The van der Waals surface area contributed by atoms with Crippen LogP contribution < -0.4 is 21.3 Å². The highest BCUT2D eigenvalue weighted by Crippen LogP contribution is 2.21. The van der Waals surface area contributed by atoms with Gasteiger partial charge in [0.05, 0.1) is 9.40 Å². The van der Waals surface area contributed by atoms with E-state index < -0.39 is 10.7 Å². The Labute approximate surface area is 177 Å². The van der Waals surface area contributed by atoms with Gasteiger partial charge in [-0.05, 0) is 57.3 Å². The molecule has 5 N–H and O–H groups in total. The van der Waals surface area contributed by atoms with Crippen molar-refractivity contribution in [1.82, 2.24) is 20.9 Å². The van der Waals surface area contributed by atoms with Gasteiger partial charge in [0.1, 0.15) is 5.82 Å². The van der Waals surface area contributed by atoms with E-state index in [0.29, 0.717) is 24.6 Å². The van der Waals surface area contributed by atoms with E-state index in [9.17, 15) is 19.7 Å². The lowest BCUT2D eigenvalue weighted by Crippen LogP contribution is -2.32. The molecule has 0 amide bonds. The molecule has 160 valence electrons. The predicted octanol–water partition coefficient (Wildman–Crippen LogP) is 2.05. The van der Waals surface area contributed by atoms with Crippen molar-refractivity contribution in [2.75, 3.05) is 23.7 Å². The Kier molecular flexibility index (Phi) is 7.00. The van der Waals surface area contributed by atoms with Crippen LogP contribution in [-0.4, -0.2) is 45.4 Å². The van der Waals surface area contributed by atoms with Crippen molar-refractivity contribution in [3.05, 3.63) is 56.3 Å². The number of nitrogens with zero attached hydrogens (tertiary/aromatic N) is 4. The van der Waals surface area contributed by atoms with Crippen molar-refractivity contribution in [2.45, 2.75) is 18.9 Å². The number of hydrogen-bond donors (Lipinski definition) is 5. The third kappa shape index (κ3) is 6.04. The normalized spacial score (nSPS) is 14.3. The molecule has 14 heteroatoms. The molecule has 1 aromatic carbocycles. The minimum Gasteiger partial charge on any atom is -0.409 e. The second-order valence-electron chi connectivity index (χ2n) is 6.26. The highest BCUT2D eigenvalue weighted by atomic mass is 79.9. The van der Waals surface area contributed by atoms with Crippen LogP contribution in [0.15, 0.2) is 44.5 Å². The number of rotatable bonds is 10. The Hall–Kier alpha value is -3.42. The maximum absolute atomic E-state index is 13.4. The molecule has 0 bridgehead atoms. The molecule has 0 spiro atoms. The number of anilines is 2. The number of nitro groups is 1. The summed E-state index contributed by atoms with van der Waals surface area (Å²) in [7, 11) is 0. The van der Waals surface area contributed by atoms with Crippen LogP contribution in [0.25, 0.3) is 0 Å². The zero-order chi connectivity index (χ0) is 21.5. The fraction of sp³-hybridized carbons (Fsp3) is 0.312. The summed E-state index contributed by atoms with van der Waals surface area (Å²) in [6, 6.07) is 4.40. The SMILES string of the molecule is O=[N+]([O-])C=C(NCCNc1nonc1C(=NO)Nc1ccc(F)c(Br)c1)NC1CC1. The zero-order valence-electron chi connectivity index (χ0n) is 15.4. The van der Waals surface area contributed by atoms with Crippen molar-refractivity contribution in [3.63, 3.8) is 0 Å². The Morgan fingerprint density at radius 1 is 1.43 bits per heavy atom. The van der Waals surface area contributed by atoms with Crippen LogP contribution in [0.3, 0.4) is 0 Å². The number of hydrogen-bond acceptors (Lipinski definition) is 10. The second-order valence-corrected chi connectivity index (χ2v) is 7.12. The molecule has 1 saturated carbocycles. The minimum atomic E-state index is -0.533. The van der Waals surface area contributed by atoms with E-state index in [2.05, 4.69) is 52.7 Å². The number of nitrogens with one attached hydrogen (secondary N) is 4. The first-order chi connectivity index (χ1) is 14.5. The molecule has 0 atom stereocenters. The summed E-state index contributed by atoms with van der Waals surface area (Å²) in [5, 5.41) is 42.3. The number of oxime groups is 1. The average molecular weight is 485 g/mol. The number of amidine groups is 1. The lowest BCUT2D eigenvalue weighted by Gasteiger charge is -2.11. The Balaban J connectivity index is 1.57.